The number of nitrogens with one attached hydrogen (secondary N) is 1. The highest BCUT2D eigenvalue weighted by molar-refractivity contribution is 5.81. The summed E-state index contributed by atoms with van der Waals surface area (Å²) in [6.45, 7) is 7.74. The van der Waals surface area contributed by atoms with Crippen LogP contribution in [-0.4, -0.2) is 49.1 Å². The first-order valence-electron chi connectivity index (χ1n) is 9.22. The van der Waals surface area contributed by atoms with Gasteiger partial charge in [0, 0.05) is 19.4 Å². The Morgan fingerprint density at radius 2 is 1.93 bits per heavy atom. The van der Waals surface area contributed by atoms with Gasteiger partial charge in [-0.3, -0.25) is 0 Å². The summed E-state index contributed by atoms with van der Waals surface area (Å²) in [5.41, 5.74) is -0.643. The number of alkyl carbamates (subject to hydrolysis) is 1. The average molecular weight is 379 g/mol. The fourth-order valence-corrected chi connectivity index (χ4v) is 2.66. The summed E-state index contributed by atoms with van der Waals surface area (Å²) >= 11 is 0. The van der Waals surface area contributed by atoms with Crippen molar-refractivity contribution >= 4 is 12.1 Å². The largest absolute Gasteiger partial charge is 0.488 e. The predicted molar refractivity (Wildman–Crippen MR) is 99.6 cm³/mol. The van der Waals surface area contributed by atoms with Crippen molar-refractivity contribution in [3.63, 3.8) is 0 Å². The zero-order chi connectivity index (χ0) is 19.9. The molecule has 0 radical (unpaired) electrons. The van der Waals surface area contributed by atoms with E-state index in [0.717, 1.165) is 5.75 Å². The normalized spacial score (nSPS) is 24.4. The zero-order valence-electron chi connectivity index (χ0n) is 16.4. The number of hydrogen-bond acceptors (Lipinski definition) is 6. The smallest absolute Gasteiger partial charge is 0.408 e. The van der Waals surface area contributed by atoms with E-state index in [-0.39, 0.29) is 12.2 Å². The molecular formula is C20H29NO6. The van der Waals surface area contributed by atoms with Crippen molar-refractivity contribution < 1.29 is 28.5 Å². The van der Waals surface area contributed by atoms with Gasteiger partial charge in [0.2, 0.25) is 0 Å². The van der Waals surface area contributed by atoms with Gasteiger partial charge in [0.15, 0.2) is 0 Å². The molecule has 1 aromatic rings. The number of carbonyl (C=O) groups is 2. The summed E-state index contributed by atoms with van der Waals surface area (Å²) in [6.07, 6.45) is -0.483. The van der Waals surface area contributed by atoms with Crippen molar-refractivity contribution in [3.05, 3.63) is 30.3 Å². The van der Waals surface area contributed by atoms with E-state index in [4.69, 9.17) is 18.9 Å². The van der Waals surface area contributed by atoms with E-state index in [2.05, 4.69) is 5.32 Å². The quantitative estimate of drug-likeness (QED) is 0.813. The van der Waals surface area contributed by atoms with Crippen molar-refractivity contribution in [2.24, 2.45) is 0 Å². The molecule has 2 unspecified atom stereocenters. The number of rotatable bonds is 3. The number of amides is 1. The highest BCUT2D eigenvalue weighted by atomic mass is 16.6. The number of cyclic esters (lactones) is 1. The van der Waals surface area contributed by atoms with E-state index in [1.165, 1.54) is 0 Å². The molecule has 1 aromatic carbocycles. The lowest BCUT2D eigenvalue weighted by Gasteiger charge is -2.27. The third-order valence-electron chi connectivity index (χ3n) is 3.79. The molecule has 1 saturated heterocycles. The summed E-state index contributed by atoms with van der Waals surface area (Å²) in [5, 5.41) is 2.57. The number of benzene rings is 1. The minimum atomic E-state index is -0.811. The van der Waals surface area contributed by atoms with Crippen LogP contribution in [0.25, 0.3) is 0 Å². The van der Waals surface area contributed by atoms with Gasteiger partial charge < -0.3 is 24.3 Å². The molecule has 0 bridgehead atoms. The molecule has 1 amide bonds. The molecule has 1 aliphatic heterocycles. The maximum atomic E-state index is 12.4. The number of esters is 1. The van der Waals surface area contributed by atoms with E-state index >= 15 is 0 Å². The van der Waals surface area contributed by atoms with E-state index in [1.54, 1.807) is 27.7 Å². The maximum absolute atomic E-state index is 12.4. The third-order valence-corrected chi connectivity index (χ3v) is 3.79. The number of para-hydroxylation sites is 1. The second-order valence-electron chi connectivity index (χ2n) is 7.60. The molecular weight excluding hydrogens is 350 g/mol. The highest BCUT2D eigenvalue weighted by Crippen LogP contribution is 2.17. The minimum Gasteiger partial charge on any atom is -0.488 e. The maximum Gasteiger partial charge on any atom is 0.408 e. The first kappa shape index (κ1) is 21.0. The molecule has 1 heterocycles. The molecule has 150 valence electrons. The van der Waals surface area contributed by atoms with Crippen LogP contribution in [0.15, 0.2) is 30.3 Å². The Kier molecular flexibility index (Phi) is 7.47. The Hall–Kier alpha value is -2.28. The fourth-order valence-electron chi connectivity index (χ4n) is 2.66. The standard InChI is InChI=1S/C20H29NO6/c1-14-12-16(26-15-8-6-5-7-9-15)13-24-11-10-17(18(22)25-14)21-19(23)27-20(2,3)4/h5-9,14,16-17H,10-13H2,1-4H3,(H,21,23)/t14?,16?,17-/m0/s1. The number of ether oxygens (including phenoxy) is 4. The first-order valence-corrected chi connectivity index (χ1v) is 9.22. The highest BCUT2D eigenvalue weighted by Gasteiger charge is 2.29. The lowest BCUT2D eigenvalue weighted by molar-refractivity contribution is -0.154. The topological polar surface area (TPSA) is 83.1 Å². The van der Waals surface area contributed by atoms with Gasteiger partial charge in [-0.25, -0.2) is 9.59 Å². The van der Waals surface area contributed by atoms with Crippen molar-refractivity contribution in [2.45, 2.75) is 64.4 Å². The Labute approximate surface area is 160 Å². The van der Waals surface area contributed by atoms with Crippen LogP contribution in [0.2, 0.25) is 0 Å². The third kappa shape index (κ3) is 7.86. The zero-order valence-corrected chi connectivity index (χ0v) is 16.4. The van der Waals surface area contributed by atoms with Crippen molar-refractivity contribution in [1.82, 2.24) is 5.32 Å². The van der Waals surface area contributed by atoms with Crippen LogP contribution >= 0.6 is 0 Å². The van der Waals surface area contributed by atoms with Crippen LogP contribution in [0.1, 0.15) is 40.5 Å². The van der Waals surface area contributed by atoms with Crippen molar-refractivity contribution in [2.75, 3.05) is 13.2 Å². The van der Waals surface area contributed by atoms with Gasteiger partial charge in [0.25, 0.3) is 0 Å². The van der Waals surface area contributed by atoms with Crippen LogP contribution in [0.5, 0.6) is 5.75 Å². The van der Waals surface area contributed by atoms with Gasteiger partial charge in [-0.1, -0.05) is 18.2 Å². The van der Waals surface area contributed by atoms with E-state index in [1.807, 2.05) is 30.3 Å². The molecule has 7 heteroatoms. The first-order chi connectivity index (χ1) is 12.7. The van der Waals surface area contributed by atoms with E-state index in [9.17, 15) is 9.59 Å². The Morgan fingerprint density at radius 1 is 1.22 bits per heavy atom. The SMILES string of the molecule is CC1CC(Oc2ccccc2)COCC[C@H](NC(=O)OC(C)(C)C)C(=O)O1. The lowest BCUT2D eigenvalue weighted by atomic mass is 10.1. The monoisotopic (exact) mass is 379 g/mol. The summed E-state index contributed by atoms with van der Waals surface area (Å²) in [5.74, 6) is 0.239. The summed E-state index contributed by atoms with van der Waals surface area (Å²) < 4.78 is 22.3. The van der Waals surface area contributed by atoms with Crippen LogP contribution in [0, 0.1) is 0 Å². The predicted octanol–water partition coefficient (Wildman–Crippen LogP) is 3.07. The molecule has 1 aliphatic rings. The Bertz CT molecular complexity index is 613. The second kappa shape index (κ2) is 9.60. The second-order valence-corrected chi connectivity index (χ2v) is 7.60. The van der Waals surface area contributed by atoms with Crippen LogP contribution < -0.4 is 10.1 Å². The molecule has 0 aliphatic carbocycles. The summed E-state index contributed by atoms with van der Waals surface area (Å²) in [6, 6.07) is 8.64. The van der Waals surface area contributed by atoms with Gasteiger partial charge in [0.1, 0.15) is 29.6 Å². The summed E-state index contributed by atoms with van der Waals surface area (Å²) in [7, 11) is 0. The van der Waals surface area contributed by atoms with Crippen LogP contribution in [-0.2, 0) is 19.0 Å². The Morgan fingerprint density at radius 3 is 2.59 bits per heavy atom. The molecule has 27 heavy (non-hydrogen) atoms. The van der Waals surface area contributed by atoms with Gasteiger partial charge in [-0.2, -0.15) is 0 Å². The Balaban J connectivity index is 1.93. The molecule has 1 N–H and O–H groups in total. The fraction of sp³-hybridized carbons (Fsp3) is 0.600. The molecule has 1 fully saturated rings. The van der Waals surface area contributed by atoms with Crippen LogP contribution in [0.4, 0.5) is 4.79 Å². The molecule has 0 saturated carbocycles. The van der Waals surface area contributed by atoms with Gasteiger partial charge in [-0.15, -0.1) is 0 Å². The van der Waals surface area contributed by atoms with Gasteiger partial charge in [-0.05, 0) is 39.8 Å². The molecule has 0 spiro atoms. The van der Waals surface area contributed by atoms with Crippen LogP contribution in [0.3, 0.4) is 0 Å². The minimum absolute atomic E-state index is 0.231. The number of carbonyl (C=O) groups excluding carboxylic acids is 2. The average Bonchev–Trinajstić information content (AvgIpc) is 2.56. The van der Waals surface area contributed by atoms with E-state index in [0.29, 0.717) is 26.1 Å². The van der Waals surface area contributed by atoms with Gasteiger partial charge in [0.05, 0.1) is 6.61 Å². The molecule has 3 atom stereocenters. The lowest BCUT2D eigenvalue weighted by Crippen LogP contribution is -2.46. The number of hydrogen-bond donors (Lipinski definition) is 1. The molecule has 2 rings (SSSR count). The van der Waals surface area contributed by atoms with Gasteiger partial charge >= 0.3 is 12.1 Å². The van der Waals surface area contributed by atoms with E-state index < -0.39 is 23.7 Å². The molecule has 0 aromatic heterocycles. The van der Waals surface area contributed by atoms with Crippen molar-refractivity contribution in [1.29, 1.82) is 0 Å². The molecule has 7 nitrogen and oxygen atoms in total. The summed E-state index contributed by atoms with van der Waals surface area (Å²) in [4.78, 5) is 24.4. The van der Waals surface area contributed by atoms with Crippen molar-refractivity contribution in [3.8, 4) is 5.75 Å².